The Bertz CT molecular complexity index is 567. The van der Waals surface area contributed by atoms with E-state index >= 15 is 0 Å². The van der Waals surface area contributed by atoms with E-state index < -0.39 is 5.82 Å². The summed E-state index contributed by atoms with van der Waals surface area (Å²) in [6.45, 7) is 0. The largest absolute Gasteiger partial charge is 0.294 e. The molecule has 0 aliphatic carbocycles. The number of carbonyl (C=O) groups excluding carboxylic acids is 1. The maximum absolute atomic E-state index is 13.2. The summed E-state index contributed by atoms with van der Waals surface area (Å²) in [5.41, 5.74) is 0.233. The van der Waals surface area contributed by atoms with Crippen molar-refractivity contribution in [3.05, 3.63) is 55.4 Å². The Balaban J connectivity index is 2.23. The van der Waals surface area contributed by atoms with Crippen LogP contribution in [-0.2, 0) is 6.42 Å². The average Bonchev–Trinajstić information content (AvgIpc) is 2.68. The van der Waals surface area contributed by atoms with Crippen molar-refractivity contribution in [1.29, 1.82) is 0 Å². The van der Waals surface area contributed by atoms with Crippen LogP contribution in [0.3, 0.4) is 0 Å². The number of hydrogen-bond acceptors (Lipinski definition) is 2. The highest BCUT2D eigenvalue weighted by Gasteiger charge is 2.14. The maximum Gasteiger partial charge on any atom is 0.169 e. The topological polar surface area (TPSA) is 17.1 Å². The molecule has 1 aromatic carbocycles. The van der Waals surface area contributed by atoms with E-state index in [1.807, 2.05) is 11.4 Å². The Morgan fingerprint density at radius 2 is 2.24 bits per heavy atom. The number of thiophene rings is 1. The predicted octanol–water partition coefficient (Wildman–Crippen LogP) is 4.73. The van der Waals surface area contributed by atoms with Crippen LogP contribution in [0.25, 0.3) is 0 Å². The van der Waals surface area contributed by atoms with E-state index in [1.165, 1.54) is 29.5 Å². The van der Waals surface area contributed by atoms with Gasteiger partial charge in [0.2, 0.25) is 0 Å². The highest BCUT2D eigenvalue weighted by molar-refractivity contribution is 9.10. The number of rotatable bonds is 3. The molecule has 1 aromatic heterocycles. The lowest BCUT2D eigenvalue weighted by molar-refractivity contribution is 0.0993. The summed E-state index contributed by atoms with van der Waals surface area (Å²) in [5.74, 6) is -0.742. The van der Waals surface area contributed by atoms with Gasteiger partial charge >= 0.3 is 0 Å². The molecule has 2 aromatic rings. The van der Waals surface area contributed by atoms with Crippen LogP contribution in [0, 0.1) is 5.82 Å². The highest BCUT2D eigenvalue weighted by Crippen LogP contribution is 2.24. The van der Waals surface area contributed by atoms with Crippen LogP contribution in [0.15, 0.2) is 34.1 Å². The van der Waals surface area contributed by atoms with Crippen LogP contribution < -0.4 is 0 Å². The van der Waals surface area contributed by atoms with E-state index in [2.05, 4.69) is 15.9 Å². The minimum absolute atomic E-state index is 0.104. The van der Waals surface area contributed by atoms with Gasteiger partial charge in [0.05, 0.1) is 5.02 Å². The van der Waals surface area contributed by atoms with Gasteiger partial charge in [-0.15, -0.1) is 11.3 Å². The van der Waals surface area contributed by atoms with Crippen molar-refractivity contribution in [2.75, 3.05) is 0 Å². The zero-order chi connectivity index (χ0) is 12.4. The van der Waals surface area contributed by atoms with E-state index in [0.717, 1.165) is 9.35 Å². The van der Waals surface area contributed by atoms with Gasteiger partial charge in [-0.05, 0) is 34.1 Å². The second-order valence-corrected chi connectivity index (χ2v) is 5.72. The van der Waals surface area contributed by atoms with Gasteiger partial charge in [-0.3, -0.25) is 4.79 Å². The number of Topliss-reactive ketones (excluding diaryl/α,β-unsaturated/α-hetero) is 1. The standard InChI is InChI=1S/C12H7BrClFOS/c13-7-4-8(17-6-7)5-11(16)9-2-1-3-10(15)12(9)14/h1-4,6H,5H2. The molecule has 1 nitrogen and oxygen atoms in total. The Hall–Kier alpha value is -0.710. The van der Waals surface area contributed by atoms with Gasteiger partial charge < -0.3 is 0 Å². The van der Waals surface area contributed by atoms with Crippen molar-refractivity contribution in [2.45, 2.75) is 6.42 Å². The fraction of sp³-hybridized carbons (Fsp3) is 0.0833. The molecular weight excluding hydrogens is 327 g/mol. The molecule has 0 fully saturated rings. The summed E-state index contributed by atoms with van der Waals surface area (Å²) in [7, 11) is 0. The third-order valence-corrected chi connectivity index (χ3v) is 4.29. The van der Waals surface area contributed by atoms with E-state index in [4.69, 9.17) is 11.6 Å². The van der Waals surface area contributed by atoms with Crippen LogP contribution in [0.2, 0.25) is 5.02 Å². The number of benzene rings is 1. The zero-order valence-electron chi connectivity index (χ0n) is 8.54. The summed E-state index contributed by atoms with van der Waals surface area (Å²) >= 11 is 10.6. The first-order valence-corrected chi connectivity index (χ1v) is 6.83. The Morgan fingerprint density at radius 3 is 2.88 bits per heavy atom. The molecule has 0 aliphatic heterocycles. The minimum Gasteiger partial charge on any atom is -0.294 e. The zero-order valence-corrected chi connectivity index (χ0v) is 11.7. The summed E-state index contributed by atoms with van der Waals surface area (Å²) in [6, 6.07) is 6.13. The van der Waals surface area contributed by atoms with Crippen LogP contribution in [0.5, 0.6) is 0 Å². The maximum atomic E-state index is 13.2. The van der Waals surface area contributed by atoms with Crippen molar-refractivity contribution < 1.29 is 9.18 Å². The highest BCUT2D eigenvalue weighted by atomic mass is 79.9. The van der Waals surface area contributed by atoms with E-state index in [-0.39, 0.29) is 22.8 Å². The molecule has 0 saturated heterocycles. The first kappa shape index (κ1) is 12.7. The summed E-state index contributed by atoms with van der Waals surface area (Å²) in [4.78, 5) is 12.9. The van der Waals surface area contributed by atoms with Gasteiger partial charge in [0.1, 0.15) is 5.82 Å². The monoisotopic (exact) mass is 332 g/mol. The van der Waals surface area contributed by atoms with E-state index in [0.29, 0.717) is 0 Å². The van der Waals surface area contributed by atoms with Gasteiger partial charge in [0, 0.05) is 26.7 Å². The number of carbonyl (C=O) groups is 1. The Kier molecular flexibility index (Phi) is 3.97. The molecule has 0 N–H and O–H groups in total. The fourth-order valence-electron chi connectivity index (χ4n) is 1.42. The molecule has 88 valence electrons. The molecule has 0 saturated carbocycles. The minimum atomic E-state index is -0.565. The fourth-order valence-corrected chi connectivity index (χ4v) is 3.10. The summed E-state index contributed by atoms with van der Waals surface area (Å²) in [6.07, 6.45) is 0.236. The molecule has 0 unspecified atom stereocenters. The van der Waals surface area contributed by atoms with Crippen LogP contribution >= 0.6 is 38.9 Å². The smallest absolute Gasteiger partial charge is 0.169 e. The molecule has 0 radical (unpaired) electrons. The SMILES string of the molecule is O=C(Cc1cc(Br)cs1)c1cccc(F)c1Cl. The van der Waals surface area contributed by atoms with Crippen molar-refractivity contribution in [1.82, 2.24) is 0 Å². The first-order valence-electron chi connectivity index (χ1n) is 4.78. The van der Waals surface area contributed by atoms with Crippen LogP contribution in [0.1, 0.15) is 15.2 Å². The summed E-state index contributed by atoms with van der Waals surface area (Å²) < 4.78 is 14.1. The third kappa shape index (κ3) is 2.94. The number of halogens is 3. The van der Waals surface area contributed by atoms with Crippen LogP contribution in [0.4, 0.5) is 4.39 Å². The normalized spacial score (nSPS) is 10.5. The second-order valence-electron chi connectivity index (χ2n) is 3.43. The molecular formula is C12H7BrClFOS. The lowest BCUT2D eigenvalue weighted by atomic mass is 10.1. The molecule has 17 heavy (non-hydrogen) atoms. The molecule has 0 spiro atoms. The van der Waals surface area contributed by atoms with E-state index in [1.54, 1.807) is 0 Å². The number of ketones is 1. The van der Waals surface area contributed by atoms with Crippen molar-refractivity contribution in [2.24, 2.45) is 0 Å². The van der Waals surface area contributed by atoms with Gasteiger partial charge in [-0.1, -0.05) is 17.7 Å². The Labute approximate surface area is 115 Å². The van der Waals surface area contributed by atoms with Crippen molar-refractivity contribution in [3.8, 4) is 0 Å². The Morgan fingerprint density at radius 1 is 1.47 bits per heavy atom. The molecule has 0 atom stereocenters. The van der Waals surface area contributed by atoms with Gasteiger partial charge in [0.25, 0.3) is 0 Å². The van der Waals surface area contributed by atoms with Crippen LogP contribution in [-0.4, -0.2) is 5.78 Å². The lowest BCUT2D eigenvalue weighted by Crippen LogP contribution is -2.04. The summed E-state index contributed by atoms with van der Waals surface area (Å²) in [5, 5.41) is 1.80. The van der Waals surface area contributed by atoms with E-state index in [9.17, 15) is 9.18 Å². The molecule has 1 heterocycles. The van der Waals surface area contributed by atoms with Crippen molar-refractivity contribution in [3.63, 3.8) is 0 Å². The molecule has 0 bridgehead atoms. The molecule has 2 rings (SSSR count). The van der Waals surface area contributed by atoms with Gasteiger partial charge in [-0.2, -0.15) is 0 Å². The van der Waals surface area contributed by atoms with Gasteiger partial charge in [0.15, 0.2) is 5.78 Å². The van der Waals surface area contributed by atoms with Crippen molar-refractivity contribution >= 4 is 44.7 Å². The first-order chi connectivity index (χ1) is 8.08. The van der Waals surface area contributed by atoms with Gasteiger partial charge in [-0.25, -0.2) is 4.39 Å². The quantitative estimate of drug-likeness (QED) is 0.742. The molecule has 0 aliphatic rings. The average molecular weight is 334 g/mol. The second kappa shape index (κ2) is 5.29. The predicted molar refractivity (Wildman–Crippen MR) is 71.5 cm³/mol. The number of hydrogen-bond donors (Lipinski definition) is 0. The molecule has 5 heteroatoms. The lowest BCUT2D eigenvalue weighted by Gasteiger charge is -2.02. The third-order valence-electron chi connectivity index (χ3n) is 2.21. The molecule has 0 amide bonds.